The number of hydrogen-bond acceptors (Lipinski definition) is 4. The van der Waals surface area contributed by atoms with Crippen molar-refractivity contribution in [2.45, 2.75) is 38.1 Å². The van der Waals surface area contributed by atoms with E-state index in [1.807, 2.05) is 12.1 Å². The molecule has 6 N–H and O–H groups in total. The molecule has 0 aromatic heterocycles. The molecule has 1 fully saturated rings. The van der Waals surface area contributed by atoms with Crippen molar-refractivity contribution in [1.82, 2.24) is 0 Å². The molecule has 0 amide bonds. The maximum atomic E-state index is 9.69. The van der Waals surface area contributed by atoms with Gasteiger partial charge in [0.25, 0.3) is 0 Å². The summed E-state index contributed by atoms with van der Waals surface area (Å²) in [4.78, 5) is 0. The number of anilines is 3. The Morgan fingerprint density at radius 1 is 1.28 bits per heavy atom. The van der Waals surface area contributed by atoms with Crippen molar-refractivity contribution in [3.8, 4) is 0 Å². The Balaban J connectivity index is 2.12. The summed E-state index contributed by atoms with van der Waals surface area (Å²) >= 11 is 0. The van der Waals surface area contributed by atoms with Crippen LogP contribution in [0.1, 0.15) is 32.6 Å². The maximum absolute atomic E-state index is 9.69. The van der Waals surface area contributed by atoms with Gasteiger partial charge in [-0.1, -0.05) is 6.92 Å². The van der Waals surface area contributed by atoms with Gasteiger partial charge in [-0.05, 0) is 49.8 Å². The summed E-state index contributed by atoms with van der Waals surface area (Å²) in [6.07, 6.45) is 4.29. The van der Waals surface area contributed by atoms with Crippen LogP contribution in [0.25, 0.3) is 0 Å². The van der Waals surface area contributed by atoms with Crippen molar-refractivity contribution in [1.29, 1.82) is 0 Å². The zero-order valence-corrected chi connectivity index (χ0v) is 10.9. The quantitative estimate of drug-likeness (QED) is 0.619. The fraction of sp³-hybridized carbons (Fsp3) is 0.571. The molecular formula is C14H23N3O. The first-order valence-electron chi connectivity index (χ1n) is 6.59. The highest BCUT2D eigenvalue weighted by Crippen LogP contribution is 2.35. The normalized spacial score (nSPS) is 28.0. The molecule has 4 nitrogen and oxygen atoms in total. The minimum absolute atomic E-state index is 0.157. The van der Waals surface area contributed by atoms with Crippen molar-refractivity contribution in [2.24, 2.45) is 5.92 Å². The summed E-state index contributed by atoms with van der Waals surface area (Å²) < 4.78 is 0. The van der Waals surface area contributed by atoms with Gasteiger partial charge in [-0.2, -0.15) is 0 Å². The van der Waals surface area contributed by atoms with Crippen LogP contribution in [0, 0.1) is 5.92 Å². The van der Waals surface area contributed by atoms with Gasteiger partial charge in [0.2, 0.25) is 0 Å². The molecule has 0 spiro atoms. The second-order valence-electron chi connectivity index (χ2n) is 5.59. The van der Waals surface area contributed by atoms with Crippen molar-refractivity contribution < 1.29 is 5.11 Å². The van der Waals surface area contributed by atoms with Crippen LogP contribution in [0.2, 0.25) is 0 Å². The van der Waals surface area contributed by atoms with Gasteiger partial charge in [-0.15, -0.1) is 0 Å². The number of hydrogen-bond donors (Lipinski definition) is 4. The van der Waals surface area contributed by atoms with E-state index in [0.29, 0.717) is 11.4 Å². The molecule has 0 saturated heterocycles. The van der Waals surface area contributed by atoms with Crippen LogP contribution in [0.15, 0.2) is 18.2 Å². The second-order valence-corrected chi connectivity index (χ2v) is 5.59. The predicted octanol–water partition coefficient (Wildman–Crippen LogP) is 2.20. The van der Waals surface area contributed by atoms with Crippen molar-refractivity contribution >= 4 is 17.1 Å². The number of nitrogen functional groups attached to an aromatic ring is 2. The zero-order valence-electron chi connectivity index (χ0n) is 10.9. The molecule has 0 aliphatic heterocycles. The van der Waals surface area contributed by atoms with Gasteiger partial charge in [0.15, 0.2) is 0 Å². The first-order valence-corrected chi connectivity index (χ1v) is 6.59. The summed E-state index contributed by atoms with van der Waals surface area (Å²) in [5.41, 5.74) is 13.4. The second kappa shape index (κ2) is 5.06. The molecule has 1 saturated carbocycles. The number of nitrogens with one attached hydrogen (secondary N) is 1. The summed E-state index contributed by atoms with van der Waals surface area (Å²) in [5.74, 6) is 0.753. The molecule has 1 aromatic carbocycles. The fourth-order valence-corrected chi connectivity index (χ4v) is 2.60. The van der Waals surface area contributed by atoms with Crippen LogP contribution in [-0.2, 0) is 0 Å². The molecule has 0 unspecified atom stereocenters. The zero-order chi connectivity index (χ0) is 13.2. The van der Waals surface area contributed by atoms with Crippen LogP contribution in [-0.4, -0.2) is 17.3 Å². The molecule has 0 radical (unpaired) electrons. The summed E-state index contributed by atoms with van der Waals surface area (Å²) in [7, 11) is 0. The highest BCUT2D eigenvalue weighted by molar-refractivity contribution is 5.69. The van der Waals surface area contributed by atoms with Gasteiger partial charge in [-0.3, -0.25) is 0 Å². The Morgan fingerprint density at radius 2 is 1.94 bits per heavy atom. The van der Waals surface area contributed by atoms with Gasteiger partial charge in [0, 0.05) is 5.69 Å². The molecule has 0 bridgehead atoms. The SMILES string of the molecule is CC1CCC(CO)(Nc2ccc(N)c(N)c2)CC1. The Hall–Kier alpha value is -1.42. The first-order chi connectivity index (χ1) is 8.54. The van der Waals surface area contributed by atoms with E-state index in [4.69, 9.17) is 11.5 Å². The Kier molecular flexibility index (Phi) is 3.66. The average Bonchev–Trinajstić information content (AvgIpc) is 2.37. The third-order valence-corrected chi connectivity index (χ3v) is 4.03. The van der Waals surface area contributed by atoms with Gasteiger partial charge in [0.1, 0.15) is 0 Å². The lowest BCUT2D eigenvalue weighted by Crippen LogP contribution is -2.45. The topological polar surface area (TPSA) is 84.3 Å². The lowest BCUT2D eigenvalue weighted by molar-refractivity contribution is 0.155. The van der Waals surface area contributed by atoms with Gasteiger partial charge in [0.05, 0.1) is 23.5 Å². The number of benzene rings is 1. The van der Waals surface area contributed by atoms with E-state index in [2.05, 4.69) is 12.2 Å². The number of aliphatic hydroxyl groups excluding tert-OH is 1. The van der Waals surface area contributed by atoms with Gasteiger partial charge >= 0.3 is 0 Å². The summed E-state index contributed by atoms with van der Waals surface area (Å²) in [6, 6.07) is 5.56. The fourth-order valence-electron chi connectivity index (χ4n) is 2.60. The molecule has 4 heteroatoms. The van der Waals surface area contributed by atoms with Crippen LogP contribution >= 0.6 is 0 Å². The largest absolute Gasteiger partial charge is 0.397 e. The minimum Gasteiger partial charge on any atom is -0.397 e. The van der Waals surface area contributed by atoms with E-state index < -0.39 is 0 Å². The lowest BCUT2D eigenvalue weighted by atomic mass is 9.77. The van der Waals surface area contributed by atoms with Crippen molar-refractivity contribution in [3.63, 3.8) is 0 Å². The highest BCUT2D eigenvalue weighted by atomic mass is 16.3. The molecule has 0 atom stereocenters. The van der Waals surface area contributed by atoms with E-state index >= 15 is 0 Å². The van der Waals surface area contributed by atoms with Gasteiger partial charge < -0.3 is 21.9 Å². The molecule has 1 aliphatic carbocycles. The Labute approximate surface area is 108 Å². The van der Waals surface area contributed by atoms with Crippen LogP contribution < -0.4 is 16.8 Å². The highest BCUT2D eigenvalue weighted by Gasteiger charge is 2.33. The van der Waals surface area contributed by atoms with E-state index in [9.17, 15) is 5.11 Å². The predicted molar refractivity (Wildman–Crippen MR) is 76.3 cm³/mol. The number of rotatable bonds is 3. The maximum Gasteiger partial charge on any atom is 0.0661 e. The monoisotopic (exact) mass is 249 g/mol. The minimum atomic E-state index is -0.199. The molecule has 1 aromatic rings. The Bertz CT molecular complexity index is 412. The molecule has 18 heavy (non-hydrogen) atoms. The van der Waals surface area contributed by atoms with Crippen molar-refractivity contribution in [3.05, 3.63) is 18.2 Å². The van der Waals surface area contributed by atoms with E-state index in [-0.39, 0.29) is 12.1 Å². The smallest absolute Gasteiger partial charge is 0.0661 e. The molecular weight excluding hydrogens is 226 g/mol. The summed E-state index contributed by atoms with van der Waals surface area (Å²) in [6.45, 7) is 2.42. The molecule has 0 heterocycles. The van der Waals surface area contributed by atoms with E-state index in [1.165, 1.54) is 0 Å². The van der Waals surface area contributed by atoms with Gasteiger partial charge in [-0.25, -0.2) is 0 Å². The van der Waals surface area contributed by atoms with E-state index in [1.54, 1.807) is 6.07 Å². The first kappa shape index (κ1) is 13.0. The van der Waals surface area contributed by atoms with Crippen LogP contribution in [0.5, 0.6) is 0 Å². The lowest BCUT2D eigenvalue weighted by Gasteiger charge is -2.39. The third-order valence-electron chi connectivity index (χ3n) is 4.03. The van der Waals surface area contributed by atoms with Crippen LogP contribution in [0.3, 0.4) is 0 Å². The third kappa shape index (κ3) is 2.70. The summed E-state index contributed by atoms with van der Waals surface area (Å²) in [5, 5.41) is 13.1. The average molecular weight is 249 g/mol. The molecule has 2 rings (SSSR count). The number of nitrogens with two attached hydrogens (primary N) is 2. The number of aliphatic hydroxyl groups is 1. The molecule has 100 valence electrons. The van der Waals surface area contributed by atoms with Crippen molar-refractivity contribution in [2.75, 3.05) is 23.4 Å². The van der Waals surface area contributed by atoms with E-state index in [0.717, 1.165) is 37.3 Å². The standard InChI is InChI=1S/C14H23N3O/c1-10-4-6-14(9-18,7-5-10)17-11-2-3-12(15)13(16)8-11/h2-3,8,10,17-18H,4-7,9,15-16H2,1H3. The van der Waals surface area contributed by atoms with Crippen LogP contribution in [0.4, 0.5) is 17.1 Å². The Morgan fingerprint density at radius 3 is 2.50 bits per heavy atom. The molecule has 1 aliphatic rings.